The van der Waals surface area contributed by atoms with Crippen LogP contribution >= 0.6 is 11.6 Å². The van der Waals surface area contributed by atoms with Crippen LogP contribution in [0.25, 0.3) is 0 Å². The molecule has 2 amide bonds. The summed E-state index contributed by atoms with van der Waals surface area (Å²) in [5.74, 6) is -1.96. The molecule has 0 saturated heterocycles. The first-order chi connectivity index (χ1) is 16.3. The molecule has 0 atom stereocenters. The van der Waals surface area contributed by atoms with Gasteiger partial charge in [-0.25, -0.2) is 9.18 Å². The molecular formula is C25H22ClFN2O5. The Labute approximate surface area is 200 Å². The van der Waals surface area contributed by atoms with Crippen molar-refractivity contribution < 1.29 is 28.2 Å². The van der Waals surface area contributed by atoms with Gasteiger partial charge in [-0.1, -0.05) is 41.9 Å². The fourth-order valence-corrected chi connectivity index (χ4v) is 3.05. The standard InChI is InChI=1S/C25H22ClFN2O5/c1-16-20(26)6-4-7-21(16)29-23(30)13-28-24(31)15-34-25(32)19-5-2-3-8-22(19)33-14-17-9-11-18(27)12-10-17/h2-12H,13-15H2,1H3,(H,28,31)(H,29,30). The number of carbonyl (C=O) groups is 3. The van der Waals surface area contributed by atoms with Crippen molar-refractivity contribution in [2.45, 2.75) is 13.5 Å². The van der Waals surface area contributed by atoms with E-state index in [2.05, 4.69) is 10.6 Å². The van der Waals surface area contributed by atoms with Gasteiger partial charge in [0.2, 0.25) is 5.91 Å². The third kappa shape index (κ3) is 7.05. The molecule has 0 radical (unpaired) electrons. The molecule has 0 aliphatic rings. The second-order valence-electron chi connectivity index (χ2n) is 7.22. The van der Waals surface area contributed by atoms with Crippen molar-refractivity contribution in [2.75, 3.05) is 18.5 Å². The smallest absolute Gasteiger partial charge is 0.342 e. The quantitative estimate of drug-likeness (QED) is 0.442. The van der Waals surface area contributed by atoms with Crippen molar-refractivity contribution in [1.29, 1.82) is 0 Å². The molecular weight excluding hydrogens is 463 g/mol. The maximum Gasteiger partial charge on any atom is 0.342 e. The Morgan fingerprint density at radius 2 is 1.68 bits per heavy atom. The van der Waals surface area contributed by atoms with Gasteiger partial charge in [-0.3, -0.25) is 9.59 Å². The first-order valence-electron chi connectivity index (χ1n) is 10.3. The zero-order valence-electron chi connectivity index (χ0n) is 18.3. The van der Waals surface area contributed by atoms with E-state index in [1.54, 1.807) is 55.5 Å². The molecule has 0 saturated carbocycles. The Morgan fingerprint density at radius 3 is 2.44 bits per heavy atom. The molecule has 34 heavy (non-hydrogen) atoms. The number of rotatable bonds is 9. The summed E-state index contributed by atoms with van der Waals surface area (Å²) in [4.78, 5) is 36.6. The highest BCUT2D eigenvalue weighted by molar-refractivity contribution is 6.31. The number of ether oxygens (including phenoxy) is 2. The van der Waals surface area contributed by atoms with Gasteiger partial charge in [0.1, 0.15) is 23.7 Å². The number of hydrogen-bond acceptors (Lipinski definition) is 5. The highest BCUT2D eigenvalue weighted by Crippen LogP contribution is 2.23. The average molecular weight is 485 g/mol. The number of hydrogen-bond donors (Lipinski definition) is 2. The van der Waals surface area contributed by atoms with Crippen LogP contribution in [0.15, 0.2) is 66.7 Å². The normalized spacial score (nSPS) is 10.3. The number of amides is 2. The lowest BCUT2D eigenvalue weighted by molar-refractivity contribution is -0.126. The molecule has 0 aliphatic carbocycles. The molecule has 3 rings (SSSR count). The SMILES string of the molecule is Cc1c(Cl)cccc1NC(=O)CNC(=O)COC(=O)c1ccccc1OCc1ccc(F)cc1. The summed E-state index contributed by atoms with van der Waals surface area (Å²) in [5, 5.41) is 5.55. The molecule has 0 aliphatic heterocycles. The van der Waals surface area contributed by atoms with Crippen LogP contribution in [-0.2, 0) is 20.9 Å². The number of carbonyl (C=O) groups excluding carboxylic acids is 3. The van der Waals surface area contributed by atoms with E-state index in [-0.39, 0.29) is 30.3 Å². The van der Waals surface area contributed by atoms with E-state index in [1.807, 2.05) is 0 Å². The molecule has 7 nitrogen and oxygen atoms in total. The fourth-order valence-electron chi connectivity index (χ4n) is 2.88. The molecule has 3 aromatic carbocycles. The highest BCUT2D eigenvalue weighted by atomic mass is 35.5. The van der Waals surface area contributed by atoms with E-state index in [0.29, 0.717) is 16.3 Å². The summed E-state index contributed by atoms with van der Waals surface area (Å²) in [7, 11) is 0. The number of para-hydroxylation sites is 1. The number of esters is 1. The summed E-state index contributed by atoms with van der Waals surface area (Å²) in [6.07, 6.45) is 0. The van der Waals surface area contributed by atoms with Gasteiger partial charge in [0, 0.05) is 10.7 Å². The van der Waals surface area contributed by atoms with Crippen LogP contribution in [0.4, 0.5) is 10.1 Å². The number of anilines is 1. The molecule has 0 bridgehead atoms. The second-order valence-corrected chi connectivity index (χ2v) is 7.63. The maximum absolute atomic E-state index is 13.0. The molecule has 9 heteroatoms. The monoisotopic (exact) mass is 484 g/mol. The predicted octanol–water partition coefficient (Wildman–Crippen LogP) is 4.28. The minimum atomic E-state index is -0.760. The third-order valence-corrected chi connectivity index (χ3v) is 5.15. The van der Waals surface area contributed by atoms with Crippen LogP contribution < -0.4 is 15.4 Å². The van der Waals surface area contributed by atoms with E-state index in [0.717, 1.165) is 5.56 Å². The van der Waals surface area contributed by atoms with Crippen LogP contribution in [0.3, 0.4) is 0 Å². The van der Waals surface area contributed by atoms with Crippen LogP contribution in [0.1, 0.15) is 21.5 Å². The minimum absolute atomic E-state index is 0.117. The average Bonchev–Trinajstić information content (AvgIpc) is 2.84. The van der Waals surface area contributed by atoms with Gasteiger partial charge >= 0.3 is 5.97 Å². The lowest BCUT2D eigenvalue weighted by atomic mass is 10.2. The van der Waals surface area contributed by atoms with Crippen molar-refractivity contribution in [3.8, 4) is 5.75 Å². The molecule has 0 unspecified atom stereocenters. The van der Waals surface area contributed by atoms with E-state index in [4.69, 9.17) is 21.1 Å². The Kier molecular flexibility index (Phi) is 8.59. The topological polar surface area (TPSA) is 93.7 Å². The van der Waals surface area contributed by atoms with Gasteiger partial charge in [0.25, 0.3) is 5.91 Å². The lowest BCUT2D eigenvalue weighted by Gasteiger charge is -2.12. The van der Waals surface area contributed by atoms with E-state index >= 15 is 0 Å². The fraction of sp³-hybridized carbons (Fsp3) is 0.160. The highest BCUT2D eigenvalue weighted by Gasteiger charge is 2.16. The molecule has 0 heterocycles. The van der Waals surface area contributed by atoms with E-state index in [1.165, 1.54) is 18.2 Å². The number of nitrogens with one attached hydrogen (secondary N) is 2. The van der Waals surface area contributed by atoms with Crippen molar-refractivity contribution in [2.24, 2.45) is 0 Å². The van der Waals surface area contributed by atoms with Crippen molar-refractivity contribution in [3.63, 3.8) is 0 Å². The number of halogens is 2. The minimum Gasteiger partial charge on any atom is -0.488 e. The number of benzene rings is 3. The van der Waals surface area contributed by atoms with E-state index < -0.39 is 24.4 Å². The van der Waals surface area contributed by atoms with Crippen molar-refractivity contribution >= 4 is 35.1 Å². The molecule has 0 fully saturated rings. The Bertz CT molecular complexity index is 1180. The van der Waals surface area contributed by atoms with Gasteiger partial charge in [0.05, 0.1) is 6.54 Å². The van der Waals surface area contributed by atoms with Crippen LogP contribution in [0, 0.1) is 12.7 Å². The zero-order valence-corrected chi connectivity index (χ0v) is 19.0. The summed E-state index contributed by atoms with van der Waals surface area (Å²) in [6.45, 7) is 0.998. The first kappa shape index (κ1) is 24.7. The molecule has 0 spiro atoms. The van der Waals surface area contributed by atoms with Gasteiger partial charge in [-0.2, -0.15) is 0 Å². The van der Waals surface area contributed by atoms with Gasteiger partial charge in [-0.15, -0.1) is 0 Å². The molecule has 3 aromatic rings. The van der Waals surface area contributed by atoms with E-state index in [9.17, 15) is 18.8 Å². The van der Waals surface area contributed by atoms with Crippen LogP contribution in [-0.4, -0.2) is 30.9 Å². The third-order valence-electron chi connectivity index (χ3n) is 4.74. The van der Waals surface area contributed by atoms with Crippen LogP contribution in [0.5, 0.6) is 5.75 Å². The Hall–Kier alpha value is -3.91. The summed E-state index contributed by atoms with van der Waals surface area (Å²) in [6, 6.07) is 17.3. The van der Waals surface area contributed by atoms with Gasteiger partial charge in [0.15, 0.2) is 6.61 Å². The molecule has 0 aromatic heterocycles. The lowest BCUT2D eigenvalue weighted by Crippen LogP contribution is -2.35. The Balaban J connectivity index is 1.47. The van der Waals surface area contributed by atoms with Crippen molar-refractivity contribution in [3.05, 3.63) is 94.3 Å². The summed E-state index contributed by atoms with van der Waals surface area (Å²) >= 11 is 6.02. The summed E-state index contributed by atoms with van der Waals surface area (Å²) < 4.78 is 23.7. The Morgan fingerprint density at radius 1 is 0.941 bits per heavy atom. The van der Waals surface area contributed by atoms with Gasteiger partial charge in [-0.05, 0) is 54.4 Å². The first-order valence-corrected chi connectivity index (χ1v) is 10.7. The largest absolute Gasteiger partial charge is 0.488 e. The zero-order chi connectivity index (χ0) is 24.5. The predicted molar refractivity (Wildman–Crippen MR) is 125 cm³/mol. The maximum atomic E-state index is 13.0. The molecule has 176 valence electrons. The van der Waals surface area contributed by atoms with Gasteiger partial charge < -0.3 is 20.1 Å². The summed E-state index contributed by atoms with van der Waals surface area (Å²) in [5.41, 5.74) is 2.09. The second kappa shape index (κ2) is 11.8. The molecule has 2 N–H and O–H groups in total. The van der Waals surface area contributed by atoms with Crippen LogP contribution in [0.2, 0.25) is 5.02 Å². The van der Waals surface area contributed by atoms with Crippen molar-refractivity contribution in [1.82, 2.24) is 5.32 Å².